The second-order valence-electron chi connectivity index (χ2n) is 8.68. The van der Waals surface area contributed by atoms with E-state index in [0.29, 0.717) is 25.6 Å². The molecule has 0 radical (unpaired) electrons. The van der Waals surface area contributed by atoms with Gasteiger partial charge in [-0.05, 0) is 43.4 Å². The predicted molar refractivity (Wildman–Crippen MR) is 120 cm³/mol. The molecule has 7 nitrogen and oxygen atoms in total. The summed E-state index contributed by atoms with van der Waals surface area (Å²) in [6.07, 6.45) is 5.56. The lowest BCUT2D eigenvalue weighted by Gasteiger charge is -2.32. The van der Waals surface area contributed by atoms with Crippen LogP contribution in [-0.4, -0.2) is 73.9 Å². The lowest BCUT2D eigenvalue weighted by Crippen LogP contribution is -2.40. The molecule has 172 valence electrons. The molecule has 0 aliphatic carbocycles. The van der Waals surface area contributed by atoms with Gasteiger partial charge in [0.2, 0.25) is 11.9 Å². The largest absolute Gasteiger partial charge is 0.376 e. The Morgan fingerprint density at radius 3 is 2.78 bits per heavy atom. The van der Waals surface area contributed by atoms with Crippen LogP contribution in [0, 0.1) is 5.82 Å². The number of hydrogen-bond acceptors (Lipinski definition) is 6. The summed E-state index contributed by atoms with van der Waals surface area (Å²) >= 11 is 0. The zero-order valence-corrected chi connectivity index (χ0v) is 18.8. The van der Waals surface area contributed by atoms with E-state index in [2.05, 4.69) is 4.98 Å². The third kappa shape index (κ3) is 5.42. The summed E-state index contributed by atoms with van der Waals surface area (Å²) in [7, 11) is 3.80. The van der Waals surface area contributed by atoms with Gasteiger partial charge in [-0.1, -0.05) is 12.1 Å². The topological polar surface area (TPSA) is 67.8 Å². The number of carbonyl (C=O) groups excluding carboxylic acids is 1. The van der Waals surface area contributed by atoms with Crippen molar-refractivity contribution in [2.75, 3.05) is 51.9 Å². The maximum absolute atomic E-state index is 13.9. The number of nitrogens with zero attached hydrogens (tertiary/aromatic N) is 4. The van der Waals surface area contributed by atoms with Crippen LogP contribution in [0.25, 0.3) is 11.1 Å². The lowest BCUT2D eigenvalue weighted by atomic mass is 9.89. The molecule has 4 rings (SSSR count). The van der Waals surface area contributed by atoms with Gasteiger partial charge in [-0.3, -0.25) is 4.79 Å². The molecule has 0 saturated carbocycles. The number of likely N-dealkylation sites (tertiary alicyclic amines) is 1. The summed E-state index contributed by atoms with van der Waals surface area (Å²) in [5, 5.41) is 0. The number of rotatable bonds is 7. The Labute approximate surface area is 188 Å². The van der Waals surface area contributed by atoms with Crippen LogP contribution in [0.4, 0.5) is 10.3 Å². The molecule has 32 heavy (non-hydrogen) atoms. The monoisotopic (exact) mass is 442 g/mol. The Bertz CT molecular complexity index is 925. The number of halogens is 1. The highest BCUT2D eigenvalue weighted by Crippen LogP contribution is 2.35. The number of piperidine rings is 1. The standard InChI is InChI=1S/C24H31FN4O3/c1-28(2)24-26-14-21(18-5-3-6-19(25)13-18)23(27-24)17-8-10-29(11-9-17)22(30)16-31-15-20-7-4-12-32-20/h3,5-6,13-14,17,20H,4,7-12,15-16H2,1-2H3/t20-/m0/s1. The van der Waals surface area contributed by atoms with Gasteiger partial charge in [0.25, 0.3) is 0 Å². The SMILES string of the molecule is CN(C)c1ncc(-c2cccc(F)c2)c(C2CCN(C(=O)COC[C@@H]3CCCO3)CC2)n1. The van der Waals surface area contributed by atoms with Gasteiger partial charge in [-0.15, -0.1) is 0 Å². The van der Waals surface area contributed by atoms with Crippen LogP contribution in [0.15, 0.2) is 30.5 Å². The molecule has 1 aromatic heterocycles. The molecular formula is C24H31FN4O3. The summed E-state index contributed by atoms with van der Waals surface area (Å²) in [5.41, 5.74) is 2.53. The number of amides is 1. The molecular weight excluding hydrogens is 411 g/mol. The van der Waals surface area contributed by atoms with Crippen molar-refractivity contribution >= 4 is 11.9 Å². The highest BCUT2D eigenvalue weighted by molar-refractivity contribution is 5.77. The van der Waals surface area contributed by atoms with Gasteiger partial charge in [0.1, 0.15) is 12.4 Å². The molecule has 0 N–H and O–H groups in total. The van der Waals surface area contributed by atoms with Crippen molar-refractivity contribution < 1.29 is 18.7 Å². The summed E-state index contributed by atoms with van der Waals surface area (Å²) < 4.78 is 25.0. The summed E-state index contributed by atoms with van der Waals surface area (Å²) in [5.74, 6) is 0.532. The highest BCUT2D eigenvalue weighted by Gasteiger charge is 2.28. The van der Waals surface area contributed by atoms with E-state index in [4.69, 9.17) is 14.5 Å². The van der Waals surface area contributed by atoms with E-state index in [1.54, 1.807) is 12.3 Å². The van der Waals surface area contributed by atoms with Gasteiger partial charge in [-0.25, -0.2) is 14.4 Å². The van der Waals surface area contributed by atoms with E-state index >= 15 is 0 Å². The van der Waals surface area contributed by atoms with Crippen LogP contribution in [0.3, 0.4) is 0 Å². The number of benzene rings is 1. The van der Waals surface area contributed by atoms with Crippen LogP contribution < -0.4 is 4.90 Å². The smallest absolute Gasteiger partial charge is 0.248 e. The van der Waals surface area contributed by atoms with Crippen molar-refractivity contribution in [2.45, 2.75) is 37.7 Å². The Morgan fingerprint density at radius 2 is 2.09 bits per heavy atom. The van der Waals surface area contributed by atoms with E-state index < -0.39 is 0 Å². The lowest BCUT2D eigenvalue weighted by molar-refractivity contribution is -0.138. The minimum absolute atomic E-state index is 0.0171. The quantitative estimate of drug-likeness (QED) is 0.656. The fraction of sp³-hybridized carbons (Fsp3) is 0.542. The van der Waals surface area contributed by atoms with Crippen molar-refractivity contribution in [3.8, 4) is 11.1 Å². The number of anilines is 1. The van der Waals surface area contributed by atoms with E-state index in [-0.39, 0.29) is 30.4 Å². The molecule has 2 aromatic rings. The average molecular weight is 443 g/mol. The number of carbonyl (C=O) groups is 1. The van der Waals surface area contributed by atoms with Crippen molar-refractivity contribution in [1.82, 2.24) is 14.9 Å². The average Bonchev–Trinajstić information content (AvgIpc) is 3.32. The number of hydrogen-bond donors (Lipinski definition) is 0. The van der Waals surface area contributed by atoms with E-state index in [9.17, 15) is 9.18 Å². The van der Waals surface area contributed by atoms with Crippen molar-refractivity contribution in [2.24, 2.45) is 0 Å². The second-order valence-corrected chi connectivity index (χ2v) is 8.68. The molecule has 0 bridgehead atoms. The van der Waals surface area contributed by atoms with E-state index in [0.717, 1.165) is 49.1 Å². The third-order valence-corrected chi connectivity index (χ3v) is 6.13. The molecule has 2 aliphatic rings. The van der Waals surface area contributed by atoms with Gasteiger partial charge >= 0.3 is 0 Å². The molecule has 1 amide bonds. The Morgan fingerprint density at radius 1 is 1.28 bits per heavy atom. The van der Waals surface area contributed by atoms with E-state index in [1.165, 1.54) is 12.1 Å². The Kier molecular flexibility index (Phi) is 7.32. The zero-order chi connectivity index (χ0) is 22.5. The van der Waals surface area contributed by atoms with Crippen molar-refractivity contribution in [1.29, 1.82) is 0 Å². The molecule has 8 heteroatoms. The Balaban J connectivity index is 1.41. The van der Waals surface area contributed by atoms with Crippen LogP contribution in [0.5, 0.6) is 0 Å². The van der Waals surface area contributed by atoms with Gasteiger partial charge in [-0.2, -0.15) is 0 Å². The summed E-state index contributed by atoms with van der Waals surface area (Å²) in [6.45, 7) is 2.66. The first kappa shape index (κ1) is 22.6. The molecule has 2 aliphatic heterocycles. The van der Waals surface area contributed by atoms with Gasteiger partial charge in [0, 0.05) is 51.5 Å². The van der Waals surface area contributed by atoms with Gasteiger partial charge in [0.05, 0.1) is 18.4 Å². The number of aromatic nitrogens is 2. The fourth-order valence-corrected chi connectivity index (χ4v) is 4.34. The third-order valence-electron chi connectivity index (χ3n) is 6.13. The minimum atomic E-state index is -0.284. The normalized spacial score (nSPS) is 19.3. The molecule has 1 aromatic carbocycles. The molecule has 0 spiro atoms. The van der Waals surface area contributed by atoms with E-state index in [1.807, 2.05) is 30.0 Å². The first-order chi connectivity index (χ1) is 15.5. The van der Waals surface area contributed by atoms with Crippen LogP contribution in [0.2, 0.25) is 0 Å². The van der Waals surface area contributed by atoms with Gasteiger partial charge in [0.15, 0.2) is 0 Å². The van der Waals surface area contributed by atoms with Crippen molar-refractivity contribution in [3.05, 3.63) is 42.0 Å². The summed E-state index contributed by atoms with van der Waals surface area (Å²) in [6, 6.07) is 6.53. The molecule has 2 fully saturated rings. The Hall–Kier alpha value is -2.58. The fourth-order valence-electron chi connectivity index (χ4n) is 4.34. The number of ether oxygens (including phenoxy) is 2. The van der Waals surface area contributed by atoms with Crippen LogP contribution >= 0.6 is 0 Å². The first-order valence-electron chi connectivity index (χ1n) is 11.3. The second kappa shape index (κ2) is 10.4. The maximum atomic E-state index is 13.9. The summed E-state index contributed by atoms with van der Waals surface area (Å²) in [4.78, 5) is 25.6. The van der Waals surface area contributed by atoms with Crippen LogP contribution in [-0.2, 0) is 14.3 Å². The maximum Gasteiger partial charge on any atom is 0.248 e. The highest BCUT2D eigenvalue weighted by atomic mass is 19.1. The minimum Gasteiger partial charge on any atom is -0.376 e. The van der Waals surface area contributed by atoms with Gasteiger partial charge < -0.3 is 19.3 Å². The molecule has 1 atom stereocenters. The molecule has 0 unspecified atom stereocenters. The predicted octanol–water partition coefficient (Wildman–Crippen LogP) is 3.25. The zero-order valence-electron chi connectivity index (χ0n) is 18.8. The molecule has 3 heterocycles. The molecule has 2 saturated heterocycles. The first-order valence-corrected chi connectivity index (χ1v) is 11.3. The van der Waals surface area contributed by atoms with Crippen LogP contribution in [0.1, 0.15) is 37.3 Å². The van der Waals surface area contributed by atoms with Crippen molar-refractivity contribution in [3.63, 3.8) is 0 Å².